The SMILES string of the molecule is CC(C)CNC(=O)[C@@H](C)N(Cc1cccc(Cl)c1)C(=O)CN(c1ccc(C(C)(C)C)cc1)S(C)(=O)=O. The maximum absolute atomic E-state index is 13.6. The second-order valence-electron chi connectivity index (χ2n) is 10.5. The summed E-state index contributed by atoms with van der Waals surface area (Å²) in [7, 11) is -3.78. The number of sulfonamides is 1. The molecule has 1 atom stereocenters. The van der Waals surface area contributed by atoms with Crippen LogP contribution >= 0.6 is 11.6 Å². The van der Waals surface area contributed by atoms with Gasteiger partial charge >= 0.3 is 0 Å². The van der Waals surface area contributed by atoms with E-state index in [1.54, 1.807) is 37.3 Å². The van der Waals surface area contributed by atoms with E-state index in [9.17, 15) is 18.0 Å². The molecule has 0 aliphatic rings. The molecule has 0 aliphatic carbocycles. The van der Waals surface area contributed by atoms with Crippen molar-refractivity contribution in [2.45, 2.75) is 59.5 Å². The molecule has 2 amide bonds. The fourth-order valence-corrected chi connectivity index (χ4v) is 4.67. The molecule has 0 saturated carbocycles. The molecular weight excluding hydrogens is 498 g/mol. The largest absolute Gasteiger partial charge is 0.354 e. The van der Waals surface area contributed by atoms with Gasteiger partial charge in [-0.25, -0.2) is 8.42 Å². The number of halogens is 1. The molecule has 9 heteroatoms. The van der Waals surface area contributed by atoms with Crippen molar-refractivity contribution in [3.63, 3.8) is 0 Å². The minimum Gasteiger partial charge on any atom is -0.354 e. The second kappa shape index (κ2) is 12.1. The second-order valence-corrected chi connectivity index (χ2v) is 12.9. The Morgan fingerprint density at radius 2 is 1.64 bits per heavy atom. The molecule has 0 unspecified atom stereocenters. The molecule has 0 spiro atoms. The van der Waals surface area contributed by atoms with Gasteiger partial charge in [0.15, 0.2) is 0 Å². The van der Waals surface area contributed by atoms with Crippen LogP contribution in [0.15, 0.2) is 48.5 Å². The van der Waals surface area contributed by atoms with Crippen molar-refractivity contribution >= 4 is 39.1 Å². The van der Waals surface area contributed by atoms with Crippen LogP contribution in [0.2, 0.25) is 5.02 Å². The van der Waals surface area contributed by atoms with Crippen LogP contribution in [0.3, 0.4) is 0 Å². The van der Waals surface area contributed by atoms with Crippen molar-refractivity contribution < 1.29 is 18.0 Å². The Kier molecular flexibility index (Phi) is 9.97. The zero-order valence-electron chi connectivity index (χ0n) is 22.2. The van der Waals surface area contributed by atoms with E-state index >= 15 is 0 Å². The number of hydrogen-bond donors (Lipinski definition) is 1. The monoisotopic (exact) mass is 535 g/mol. The van der Waals surface area contributed by atoms with Gasteiger partial charge in [-0.2, -0.15) is 0 Å². The third kappa shape index (κ3) is 8.52. The lowest BCUT2D eigenvalue weighted by atomic mass is 9.87. The lowest BCUT2D eigenvalue weighted by Gasteiger charge is -2.32. The first-order valence-electron chi connectivity index (χ1n) is 12.0. The van der Waals surface area contributed by atoms with Gasteiger partial charge in [-0.15, -0.1) is 0 Å². The summed E-state index contributed by atoms with van der Waals surface area (Å²) >= 11 is 6.13. The standard InChI is InChI=1S/C27H38ClN3O4S/c1-19(2)16-29-26(33)20(3)30(17-21-9-8-10-23(28)15-21)25(32)18-31(36(7,34)35)24-13-11-22(12-14-24)27(4,5)6/h8-15,19-20H,16-18H2,1-7H3,(H,29,33)/t20-/m1/s1. The molecule has 7 nitrogen and oxygen atoms in total. The van der Waals surface area contributed by atoms with E-state index in [2.05, 4.69) is 26.1 Å². The Labute approximate surface area is 220 Å². The van der Waals surface area contributed by atoms with Crippen LogP contribution in [0.1, 0.15) is 52.7 Å². The van der Waals surface area contributed by atoms with Gasteiger partial charge < -0.3 is 10.2 Å². The Hall–Kier alpha value is -2.58. The number of nitrogens with one attached hydrogen (secondary N) is 1. The first-order chi connectivity index (χ1) is 16.6. The maximum atomic E-state index is 13.6. The Bertz CT molecular complexity index is 1160. The number of carbonyl (C=O) groups excluding carboxylic acids is 2. The summed E-state index contributed by atoms with van der Waals surface area (Å²) in [5, 5.41) is 3.37. The zero-order chi connectivity index (χ0) is 27.3. The molecule has 2 aromatic rings. The number of anilines is 1. The third-order valence-electron chi connectivity index (χ3n) is 5.79. The molecule has 36 heavy (non-hydrogen) atoms. The number of benzene rings is 2. The van der Waals surface area contributed by atoms with Crippen LogP contribution < -0.4 is 9.62 Å². The average molecular weight is 536 g/mol. The molecule has 0 aliphatic heterocycles. The highest BCUT2D eigenvalue weighted by Crippen LogP contribution is 2.26. The summed E-state index contributed by atoms with van der Waals surface area (Å²) in [6, 6.07) is 13.3. The van der Waals surface area contributed by atoms with Crippen LogP contribution in [0.25, 0.3) is 0 Å². The van der Waals surface area contributed by atoms with E-state index < -0.39 is 28.5 Å². The highest BCUT2D eigenvalue weighted by Gasteiger charge is 2.30. The van der Waals surface area contributed by atoms with Crippen LogP contribution in [0.4, 0.5) is 5.69 Å². The van der Waals surface area contributed by atoms with Crippen molar-refractivity contribution in [1.29, 1.82) is 0 Å². The Balaban J connectivity index is 2.38. The quantitative estimate of drug-likeness (QED) is 0.482. The van der Waals surface area contributed by atoms with Gasteiger partial charge in [0.25, 0.3) is 0 Å². The highest BCUT2D eigenvalue weighted by molar-refractivity contribution is 7.92. The normalized spacial score (nSPS) is 12.8. The average Bonchev–Trinajstić information content (AvgIpc) is 2.77. The van der Waals surface area contributed by atoms with Crippen molar-refractivity contribution in [3.8, 4) is 0 Å². The predicted molar refractivity (Wildman–Crippen MR) is 147 cm³/mol. The van der Waals surface area contributed by atoms with Crippen LogP contribution in [0, 0.1) is 5.92 Å². The minimum absolute atomic E-state index is 0.100. The van der Waals surface area contributed by atoms with E-state index in [0.717, 1.165) is 21.7 Å². The topological polar surface area (TPSA) is 86.8 Å². The summed E-state index contributed by atoms with van der Waals surface area (Å²) in [6.07, 6.45) is 1.07. The Morgan fingerprint density at radius 3 is 2.14 bits per heavy atom. The van der Waals surface area contributed by atoms with Crippen LogP contribution in [-0.2, 0) is 31.6 Å². The summed E-state index contributed by atoms with van der Waals surface area (Å²) < 4.78 is 26.5. The highest BCUT2D eigenvalue weighted by atomic mass is 35.5. The summed E-state index contributed by atoms with van der Waals surface area (Å²) in [4.78, 5) is 27.8. The maximum Gasteiger partial charge on any atom is 0.244 e. The van der Waals surface area contributed by atoms with Crippen molar-refractivity contribution in [3.05, 3.63) is 64.7 Å². The number of amides is 2. The van der Waals surface area contributed by atoms with Crippen molar-refractivity contribution in [2.24, 2.45) is 5.92 Å². The number of carbonyl (C=O) groups is 2. The van der Waals surface area contributed by atoms with Crippen LogP contribution in [-0.4, -0.2) is 50.5 Å². The number of rotatable bonds is 10. The van der Waals surface area contributed by atoms with Gasteiger partial charge in [0.2, 0.25) is 21.8 Å². The zero-order valence-corrected chi connectivity index (χ0v) is 23.8. The molecular formula is C27H38ClN3O4S. The summed E-state index contributed by atoms with van der Waals surface area (Å²) in [5.41, 5.74) is 2.07. The van der Waals surface area contributed by atoms with Crippen molar-refractivity contribution in [1.82, 2.24) is 10.2 Å². The van der Waals surface area contributed by atoms with E-state index in [0.29, 0.717) is 17.3 Å². The third-order valence-corrected chi connectivity index (χ3v) is 7.17. The number of hydrogen-bond acceptors (Lipinski definition) is 4. The molecule has 0 aromatic heterocycles. The molecule has 2 rings (SSSR count). The molecule has 198 valence electrons. The smallest absolute Gasteiger partial charge is 0.244 e. The molecule has 0 saturated heterocycles. The Morgan fingerprint density at radius 1 is 1.03 bits per heavy atom. The summed E-state index contributed by atoms with van der Waals surface area (Å²) in [5.74, 6) is -0.554. The molecule has 0 heterocycles. The van der Waals surface area contributed by atoms with Gasteiger partial charge in [-0.3, -0.25) is 13.9 Å². The summed E-state index contributed by atoms with van der Waals surface area (Å²) in [6.45, 7) is 12.0. The lowest BCUT2D eigenvalue weighted by Crippen LogP contribution is -2.51. The van der Waals surface area contributed by atoms with Gasteiger partial charge in [-0.1, -0.05) is 70.5 Å². The first-order valence-corrected chi connectivity index (χ1v) is 14.2. The fraction of sp³-hybridized carbons (Fsp3) is 0.481. The fourth-order valence-electron chi connectivity index (χ4n) is 3.61. The first kappa shape index (κ1) is 29.6. The van der Waals surface area contributed by atoms with Gasteiger partial charge in [-0.05, 0) is 53.6 Å². The van der Waals surface area contributed by atoms with E-state index in [-0.39, 0.29) is 23.8 Å². The van der Waals surface area contributed by atoms with Gasteiger partial charge in [0, 0.05) is 18.1 Å². The number of nitrogens with zero attached hydrogens (tertiary/aromatic N) is 2. The lowest BCUT2D eigenvalue weighted by molar-refractivity contribution is -0.139. The van der Waals surface area contributed by atoms with E-state index in [1.807, 2.05) is 32.0 Å². The molecule has 2 aromatic carbocycles. The van der Waals surface area contributed by atoms with Gasteiger partial charge in [0.05, 0.1) is 11.9 Å². The molecule has 0 radical (unpaired) electrons. The predicted octanol–water partition coefficient (Wildman–Crippen LogP) is 4.59. The molecule has 0 bridgehead atoms. The molecule has 1 N–H and O–H groups in total. The van der Waals surface area contributed by atoms with E-state index in [4.69, 9.17) is 11.6 Å². The van der Waals surface area contributed by atoms with Gasteiger partial charge in [0.1, 0.15) is 12.6 Å². The minimum atomic E-state index is -3.78. The van der Waals surface area contributed by atoms with Crippen LogP contribution in [0.5, 0.6) is 0 Å². The molecule has 0 fully saturated rings. The van der Waals surface area contributed by atoms with Crippen molar-refractivity contribution in [2.75, 3.05) is 23.7 Å². The van der Waals surface area contributed by atoms with E-state index in [1.165, 1.54) is 4.90 Å².